The van der Waals surface area contributed by atoms with Crippen molar-refractivity contribution < 1.29 is 37.5 Å². The maximum absolute atomic E-state index is 14.8. The first-order valence-corrected chi connectivity index (χ1v) is 26.7. The molecule has 2 aliphatic heterocycles. The van der Waals surface area contributed by atoms with E-state index in [-0.39, 0.29) is 59.2 Å². The Bertz CT molecular complexity index is 1950. The highest BCUT2D eigenvalue weighted by atomic mass is 19.1. The molecular weight excluding hydrogens is 919 g/mol. The van der Waals surface area contributed by atoms with Gasteiger partial charge in [0.15, 0.2) is 0 Å². The van der Waals surface area contributed by atoms with Gasteiger partial charge in [-0.2, -0.15) is 0 Å². The number of carbonyl (C=O) groups excluding carboxylic acids is 6. The molecule has 2 aromatic rings. The number of rotatable bonds is 27. The number of nitrogens with zero attached hydrogens (tertiary/aromatic N) is 4. The number of unbranched alkanes of at least 4 members (excludes halogenated alkanes) is 5. The molecule has 0 unspecified atom stereocenters. The Kier molecular flexibility index (Phi) is 23.6. The summed E-state index contributed by atoms with van der Waals surface area (Å²) in [7, 11) is 3.39. The molecule has 0 bridgehead atoms. The van der Waals surface area contributed by atoms with Crippen LogP contribution in [0.1, 0.15) is 144 Å². The fraction of sp³-hybridized carbons (Fsp3) is 0.679. The maximum atomic E-state index is 14.8. The Morgan fingerprint density at radius 2 is 0.931 bits per heavy atom. The number of likely N-dealkylation sites (N-methyl/N-ethyl adjacent to an activating group) is 2. The van der Waals surface area contributed by atoms with Crippen LogP contribution in [0.25, 0.3) is 0 Å². The SMILES string of the molecule is CN[C@@H](C)C(=O)N[C@H](C(=O)N1CCC[C@H]1CN(CCc1ccccc1F)C(=O)CCCCCCCCC(=O)N(CCc1ccccc1F)C[C@@H]1CCCN1C(=O)[C@@H](NC(=O)[C@H](C)NC)C(C)(C)C)C(C)(C)C. The lowest BCUT2D eigenvalue weighted by Gasteiger charge is -2.37. The van der Waals surface area contributed by atoms with Gasteiger partial charge in [-0.05, 0) is 113 Å². The van der Waals surface area contributed by atoms with Gasteiger partial charge in [0.25, 0.3) is 0 Å². The predicted octanol–water partition coefficient (Wildman–Crippen LogP) is 6.79. The van der Waals surface area contributed by atoms with E-state index in [4.69, 9.17) is 0 Å². The number of nitrogens with one attached hydrogen (secondary N) is 4. The summed E-state index contributed by atoms with van der Waals surface area (Å²) < 4.78 is 29.5. The van der Waals surface area contributed by atoms with Gasteiger partial charge in [0.1, 0.15) is 23.7 Å². The molecule has 2 heterocycles. The van der Waals surface area contributed by atoms with E-state index in [2.05, 4.69) is 21.3 Å². The van der Waals surface area contributed by atoms with E-state index >= 15 is 0 Å². The fourth-order valence-electron chi connectivity index (χ4n) is 9.69. The van der Waals surface area contributed by atoms with Gasteiger partial charge >= 0.3 is 0 Å². The lowest BCUT2D eigenvalue weighted by molar-refractivity contribution is -0.142. The lowest BCUT2D eigenvalue weighted by Crippen LogP contribution is -2.59. The van der Waals surface area contributed by atoms with Crippen molar-refractivity contribution in [2.24, 2.45) is 10.8 Å². The lowest BCUT2D eigenvalue weighted by atomic mass is 9.85. The van der Waals surface area contributed by atoms with Crippen molar-refractivity contribution in [2.75, 3.05) is 53.4 Å². The third kappa shape index (κ3) is 17.9. The third-order valence-electron chi connectivity index (χ3n) is 14.6. The maximum Gasteiger partial charge on any atom is 0.246 e. The molecular formula is C56H88F2N8O6. The Hall–Kier alpha value is -4.96. The number of carbonyl (C=O) groups is 6. The molecule has 2 saturated heterocycles. The zero-order chi connectivity index (χ0) is 53.2. The summed E-state index contributed by atoms with van der Waals surface area (Å²) in [6, 6.07) is 10.2. The standard InChI is InChI=1S/C56H88F2N8O6/c1-39(59-9)51(69)61-49(55(3,4)5)53(71)65-33-21-25-43(65)37-63(35-31-41-23-17-19-27-45(41)57)47(67)29-15-13-11-12-14-16-30-48(68)64(36-32-42-24-18-20-28-46(42)58)38-44-26-22-34-66(44)54(72)50(56(6,7)8)62-52(70)40(2)60-10/h17-20,23-24,27-28,39-40,43-44,49-50,59-60H,11-16,21-22,25-26,29-38H2,1-10H3,(H,61,69)(H,62,70)/t39-,40-,43-,44-,49+,50+/m0/s1. The number of hydrogen-bond acceptors (Lipinski definition) is 8. The molecule has 0 saturated carbocycles. The minimum Gasteiger partial charge on any atom is -0.342 e. The first-order valence-electron chi connectivity index (χ1n) is 26.7. The van der Waals surface area contributed by atoms with Crippen LogP contribution >= 0.6 is 0 Å². The van der Waals surface area contributed by atoms with Crippen LogP contribution in [-0.4, -0.2) is 145 Å². The molecule has 16 heteroatoms. The van der Waals surface area contributed by atoms with E-state index in [0.29, 0.717) is 102 Å². The summed E-state index contributed by atoms with van der Waals surface area (Å²) in [6.45, 7) is 17.4. The molecule has 0 aromatic heterocycles. The van der Waals surface area contributed by atoms with Crippen LogP contribution < -0.4 is 21.3 Å². The van der Waals surface area contributed by atoms with Gasteiger partial charge in [-0.15, -0.1) is 0 Å². The topological polar surface area (TPSA) is 163 Å². The van der Waals surface area contributed by atoms with Crippen LogP contribution in [0, 0.1) is 22.5 Å². The minimum absolute atomic E-state index is 0.0418. The van der Waals surface area contributed by atoms with Gasteiger partial charge in [-0.25, -0.2) is 8.78 Å². The van der Waals surface area contributed by atoms with E-state index in [0.717, 1.165) is 38.5 Å². The molecule has 0 spiro atoms. The molecule has 2 fully saturated rings. The average Bonchev–Trinajstić information content (AvgIpc) is 4.02. The van der Waals surface area contributed by atoms with Crippen LogP contribution in [0.15, 0.2) is 48.5 Å². The Balaban J connectivity index is 1.34. The van der Waals surface area contributed by atoms with Gasteiger partial charge in [0.2, 0.25) is 35.4 Å². The molecule has 2 aromatic carbocycles. The van der Waals surface area contributed by atoms with E-state index < -0.39 is 35.0 Å². The van der Waals surface area contributed by atoms with Crippen LogP contribution in [0.5, 0.6) is 0 Å². The van der Waals surface area contributed by atoms with E-state index in [9.17, 15) is 37.5 Å². The molecule has 4 N–H and O–H groups in total. The highest BCUT2D eigenvalue weighted by molar-refractivity contribution is 5.91. The van der Waals surface area contributed by atoms with Crippen LogP contribution in [0.3, 0.4) is 0 Å². The van der Waals surface area contributed by atoms with Gasteiger partial charge in [-0.3, -0.25) is 28.8 Å². The molecule has 0 radical (unpaired) electrons. The molecule has 4 rings (SSSR count). The molecule has 0 aliphatic carbocycles. The first-order chi connectivity index (χ1) is 34.1. The number of hydrogen-bond donors (Lipinski definition) is 4. The molecule has 14 nitrogen and oxygen atoms in total. The quantitative estimate of drug-likeness (QED) is 0.0712. The molecule has 6 amide bonds. The number of benzene rings is 2. The summed E-state index contributed by atoms with van der Waals surface area (Å²) in [6.07, 6.45) is 9.01. The molecule has 402 valence electrons. The van der Waals surface area contributed by atoms with Crippen molar-refractivity contribution >= 4 is 35.4 Å². The highest BCUT2D eigenvalue weighted by Crippen LogP contribution is 2.29. The predicted molar refractivity (Wildman–Crippen MR) is 280 cm³/mol. The van der Waals surface area contributed by atoms with E-state index in [1.165, 1.54) is 12.1 Å². The summed E-state index contributed by atoms with van der Waals surface area (Å²) in [5.74, 6) is -1.58. The van der Waals surface area contributed by atoms with Gasteiger partial charge in [-0.1, -0.05) is 104 Å². The Morgan fingerprint density at radius 1 is 0.583 bits per heavy atom. The second kappa shape index (κ2) is 28.5. The fourth-order valence-corrected chi connectivity index (χ4v) is 9.69. The van der Waals surface area contributed by atoms with Crippen LogP contribution in [0.2, 0.25) is 0 Å². The third-order valence-corrected chi connectivity index (χ3v) is 14.6. The Labute approximate surface area is 429 Å². The number of halogens is 2. The van der Waals surface area contributed by atoms with Crippen molar-refractivity contribution in [3.05, 3.63) is 71.3 Å². The second-order valence-corrected chi connectivity index (χ2v) is 22.3. The smallest absolute Gasteiger partial charge is 0.246 e. The first kappa shape index (κ1) is 59.6. The van der Waals surface area contributed by atoms with Gasteiger partial charge in [0, 0.05) is 64.2 Å². The van der Waals surface area contributed by atoms with Crippen molar-refractivity contribution in [2.45, 2.75) is 182 Å². The van der Waals surface area contributed by atoms with Crippen molar-refractivity contribution in [3.63, 3.8) is 0 Å². The summed E-state index contributed by atoms with van der Waals surface area (Å²) >= 11 is 0. The zero-order valence-corrected chi connectivity index (χ0v) is 45.2. The van der Waals surface area contributed by atoms with E-state index in [1.807, 2.05) is 51.3 Å². The number of amides is 6. The largest absolute Gasteiger partial charge is 0.342 e. The van der Waals surface area contributed by atoms with Crippen molar-refractivity contribution in [1.29, 1.82) is 0 Å². The monoisotopic (exact) mass is 1010 g/mol. The van der Waals surface area contributed by atoms with Crippen molar-refractivity contribution in [3.8, 4) is 0 Å². The van der Waals surface area contributed by atoms with Gasteiger partial charge < -0.3 is 40.9 Å². The molecule has 2 aliphatic rings. The molecule has 6 atom stereocenters. The summed E-state index contributed by atoms with van der Waals surface area (Å²) in [5, 5.41) is 11.8. The Morgan fingerprint density at radius 3 is 1.26 bits per heavy atom. The highest BCUT2D eigenvalue weighted by Gasteiger charge is 2.42. The minimum atomic E-state index is -0.756. The van der Waals surface area contributed by atoms with Gasteiger partial charge in [0.05, 0.1) is 12.1 Å². The number of likely N-dealkylation sites (tertiary alicyclic amines) is 2. The average molecular weight is 1010 g/mol. The summed E-state index contributed by atoms with van der Waals surface area (Å²) in [5.41, 5.74) is -0.0621. The summed E-state index contributed by atoms with van der Waals surface area (Å²) in [4.78, 5) is 89.5. The second-order valence-electron chi connectivity index (χ2n) is 22.3. The molecule has 72 heavy (non-hydrogen) atoms. The van der Waals surface area contributed by atoms with Crippen LogP contribution in [-0.2, 0) is 41.6 Å². The zero-order valence-electron chi connectivity index (χ0n) is 45.2. The normalized spacial score (nSPS) is 17.8. The van der Waals surface area contributed by atoms with Crippen LogP contribution in [0.4, 0.5) is 8.78 Å². The van der Waals surface area contributed by atoms with E-state index in [1.54, 1.807) is 74.1 Å². The van der Waals surface area contributed by atoms with Crippen molar-refractivity contribution in [1.82, 2.24) is 40.9 Å².